The summed E-state index contributed by atoms with van der Waals surface area (Å²) in [5.74, 6) is 0. The summed E-state index contributed by atoms with van der Waals surface area (Å²) in [6.45, 7) is 0. The molecule has 0 amide bonds. The van der Waals surface area contributed by atoms with Crippen molar-refractivity contribution >= 4 is 110 Å². The Morgan fingerprint density at radius 2 is 0.524 bits per heavy atom. The number of hydrogen-bond donors (Lipinski definition) is 0. The number of para-hydroxylation sites is 4. The molecule has 0 atom stereocenters. The zero-order valence-electron chi connectivity index (χ0n) is 44.7. The quantitative estimate of drug-likeness (QED) is 0.136. The van der Waals surface area contributed by atoms with Crippen molar-refractivity contribution < 1.29 is 0 Å². The molecule has 0 aliphatic rings. The van der Waals surface area contributed by atoms with Crippen LogP contribution in [0.15, 0.2) is 303 Å². The average molecular weight is 1040 g/mol. The normalized spacial score (nSPS) is 11.9. The van der Waals surface area contributed by atoms with Crippen molar-refractivity contribution in [3.63, 3.8) is 0 Å². The fraction of sp³-hybridized carbons (Fsp3) is 0. The summed E-state index contributed by atoms with van der Waals surface area (Å²) in [6.07, 6.45) is 0. The fourth-order valence-electron chi connectivity index (χ4n) is 13.5. The van der Waals surface area contributed by atoms with Crippen molar-refractivity contribution in [3.05, 3.63) is 303 Å². The van der Waals surface area contributed by atoms with Gasteiger partial charge < -0.3 is 18.6 Å². The van der Waals surface area contributed by atoms with Gasteiger partial charge in [-0.2, -0.15) is 0 Å². The third-order valence-corrected chi connectivity index (χ3v) is 17.1. The Kier molecular flexibility index (Phi) is 10.3. The summed E-state index contributed by atoms with van der Waals surface area (Å²) in [5, 5.41) is 9.96. The Labute approximate surface area is 474 Å². The molecule has 4 heteroatoms. The van der Waals surface area contributed by atoms with E-state index in [4.69, 9.17) is 0 Å². The molecule has 4 aromatic heterocycles. The van der Waals surface area contributed by atoms with E-state index in [0.717, 1.165) is 45.3 Å². The molecular formula is C78H50N4. The van der Waals surface area contributed by atoms with E-state index in [2.05, 4.69) is 322 Å². The lowest BCUT2D eigenvalue weighted by atomic mass is 9.96. The first kappa shape index (κ1) is 46.0. The molecular weight excluding hydrogens is 993 g/mol. The maximum atomic E-state index is 2.55. The van der Waals surface area contributed by atoms with E-state index in [9.17, 15) is 0 Å². The molecule has 0 spiro atoms. The summed E-state index contributed by atoms with van der Waals surface area (Å²) >= 11 is 0. The van der Waals surface area contributed by atoms with E-state index in [-0.39, 0.29) is 0 Å². The molecule has 13 aromatic carbocycles. The van der Waals surface area contributed by atoms with Crippen molar-refractivity contribution in [1.82, 2.24) is 8.80 Å². The van der Waals surface area contributed by atoms with Crippen LogP contribution in [0.2, 0.25) is 0 Å². The molecule has 0 saturated heterocycles. The van der Waals surface area contributed by atoms with E-state index in [0.29, 0.717) is 0 Å². The first-order chi connectivity index (χ1) is 40.7. The Hall–Kier alpha value is -10.9. The van der Waals surface area contributed by atoms with Gasteiger partial charge in [-0.25, -0.2) is 0 Å². The molecule has 0 radical (unpaired) electrons. The summed E-state index contributed by atoms with van der Waals surface area (Å²) in [4.78, 5) is 4.90. The van der Waals surface area contributed by atoms with Gasteiger partial charge in [0.05, 0.1) is 44.5 Å². The average Bonchev–Trinajstić information content (AvgIpc) is 4.00. The first-order valence-electron chi connectivity index (χ1n) is 28.2. The predicted octanol–water partition coefficient (Wildman–Crippen LogP) is 21.6. The van der Waals surface area contributed by atoms with Crippen LogP contribution >= 0.6 is 0 Å². The Morgan fingerprint density at radius 3 is 0.902 bits per heavy atom. The Morgan fingerprint density at radius 1 is 0.195 bits per heavy atom. The minimum atomic E-state index is 1.09. The predicted molar refractivity (Wildman–Crippen MR) is 347 cm³/mol. The highest BCUT2D eigenvalue weighted by atomic mass is 15.2. The molecule has 4 nitrogen and oxygen atoms in total. The summed E-state index contributed by atoms with van der Waals surface area (Å²) in [6, 6.07) is 111. The monoisotopic (exact) mass is 1040 g/mol. The van der Waals surface area contributed by atoms with Crippen LogP contribution in [0.3, 0.4) is 0 Å². The first-order valence-corrected chi connectivity index (χ1v) is 28.2. The molecule has 4 heterocycles. The molecule has 382 valence electrons. The van der Waals surface area contributed by atoms with Crippen LogP contribution in [-0.2, 0) is 0 Å². The number of benzene rings is 13. The van der Waals surface area contributed by atoms with Crippen LogP contribution in [0.1, 0.15) is 0 Å². The molecule has 82 heavy (non-hydrogen) atoms. The fourth-order valence-corrected chi connectivity index (χ4v) is 13.5. The Balaban J connectivity index is 0.891. The standard InChI is InChI=1S/C78H50N4/c1-7-21-51(22-8-1)55-37-41-61(53-25-11-3-12-26-53)71(45-55)79(57-29-15-5-16-30-57)59-39-43-63-65-33-19-35-67-69-50-76-70(49-75(69)81(77(65)67)73(63)47-59)68-36-20-34-66-64-44-40-60(48-74(64)82(76)78(66)68)80(58-31-17-6-18-32-58)72-46-56(52-23-9-2-10-24-52)38-42-62(72)54-27-13-4-14-28-54/h1-50H. The number of fused-ring (bicyclic) bond motifs is 12. The highest BCUT2D eigenvalue weighted by Crippen LogP contribution is 2.50. The van der Waals surface area contributed by atoms with E-state index in [1.165, 1.54) is 110 Å². The number of aromatic nitrogens is 2. The number of nitrogens with zero attached hydrogens (tertiary/aromatic N) is 4. The van der Waals surface area contributed by atoms with Crippen LogP contribution in [0.5, 0.6) is 0 Å². The lowest BCUT2D eigenvalue weighted by molar-refractivity contribution is 1.28. The van der Waals surface area contributed by atoms with Crippen LogP contribution < -0.4 is 9.80 Å². The van der Waals surface area contributed by atoms with Gasteiger partial charge in [0.2, 0.25) is 0 Å². The van der Waals surface area contributed by atoms with E-state index in [1.54, 1.807) is 0 Å². The third-order valence-electron chi connectivity index (χ3n) is 17.1. The van der Waals surface area contributed by atoms with Gasteiger partial charge in [0, 0.05) is 77.0 Å². The van der Waals surface area contributed by atoms with Crippen molar-refractivity contribution in [1.29, 1.82) is 0 Å². The van der Waals surface area contributed by atoms with Gasteiger partial charge in [-0.3, -0.25) is 0 Å². The molecule has 0 aliphatic heterocycles. The van der Waals surface area contributed by atoms with Crippen LogP contribution in [0, 0.1) is 0 Å². The van der Waals surface area contributed by atoms with E-state index >= 15 is 0 Å². The van der Waals surface area contributed by atoms with Gasteiger partial charge in [0.25, 0.3) is 0 Å². The zero-order chi connectivity index (χ0) is 53.8. The van der Waals surface area contributed by atoms with Crippen LogP contribution in [0.25, 0.3) is 121 Å². The second-order valence-electron chi connectivity index (χ2n) is 21.6. The molecule has 0 fully saturated rings. The largest absolute Gasteiger partial charge is 0.310 e. The third kappa shape index (κ3) is 7.05. The molecule has 17 aromatic rings. The minimum Gasteiger partial charge on any atom is -0.310 e. The summed E-state index contributed by atoms with van der Waals surface area (Å²) in [5.41, 5.74) is 23.2. The van der Waals surface area contributed by atoms with Crippen molar-refractivity contribution in [2.45, 2.75) is 0 Å². The van der Waals surface area contributed by atoms with Crippen molar-refractivity contribution in [3.8, 4) is 44.5 Å². The molecule has 0 saturated carbocycles. The van der Waals surface area contributed by atoms with Gasteiger partial charge in [-0.1, -0.05) is 231 Å². The van der Waals surface area contributed by atoms with E-state index in [1.807, 2.05) is 0 Å². The maximum absolute atomic E-state index is 2.55. The van der Waals surface area contributed by atoms with Gasteiger partial charge in [-0.15, -0.1) is 0 Å². The number of rotatable bonds is 10. The lowest BCUT2D eigenvalue weighted by Crippen LogP contribution is -2.11. The van der Waals surface area contributed by atoms with Crippen LogP contribution in [-0.4, -0.2) is 8.80 Å². The second kappa shape index (κ2) is 18.3. The van der Waals surface area contributed by atoms with E-state index < -0.39 is 0 Å². The Bertz CT molecular complexity index is 4910. The number of anilines is 6. The van der Waals surface area contributed by atoms with Crippen molar-refractivity contribution in [2.75, 3.05) is 9.80 Å². The maximum Gasteiger partial charge on any atom is 0.0620 e. The van der Waals surface area contributed by atoms with Gasteiger partial charge in [0.15, 0.2) is 0 Å². The zero-order valence-corrected chi connectivity index (χ0v) is 44.7. The molecule has 0 unspecified atom stereocenters. The molecule has 0 bridgehead atoms. The highest BCUT2D eigenvalue weighted by Gasteiger charge is 2.26. The lowest BCUT2D eigenvalue weighted by Gasteiger charge is -2.28. The van der Waals surface area contributed by atoms with Gasteiger partial charge >= 0.3 is 0 Å². The van der Waals surface area contributed by atoms with Crippen LogP contribution in [0.4, 0.5) is 34.1 Å². The summed E-state index contributed by atoms with van der Waals surface area (Å²) in [7, 11) is 0. The molecule has 17 rings (SSSR count). The molecule has 0 N–H and O–H groups in total. The highest BCUT2D eigenvalue weighted by molar-refractivity contribution is 6.29. The summed E-state index contributed by atoms with van der Waals surface area (Å²) < 4.78 is 5.10. The topological polar surface area (TPSA) is 15.3 Å². The van der Waals surface area contributed by atoms with Gasteiger partial charge in [-0.05, 0) is 106 Å². The SMILES string of the molecule is c1ccc(-c2ccc(-c3ccccc3)c(N(c3ccccc3)c3ccc4c5cccc6c7cc8c(cc7n(c4c3)c56)c3cccc4c5ccc(N(c6ccccc6)c6cc(-c7ccccc7)ccc6-c6ccccc6)cc5n8c43)c2)cc1. The smallest absolute Gasteiger partial charge is 0.0620 e. The molecule has 0 aliphatic carbocycles. The second-order valence-corrected chi connectivity index (χ2v) is 21.6. The van der Waals surface area contributed by atoms with Crippen molar-refractivity contribution in [2.24, 2.45) is 0 Å². The number of hydrogen-bond acceptors (Lipinski definition) is 2. The minimum absolute atomic E-state index is 1.09. The van der Waals surface area contributed by atoms with Gasteiger partial charge in [0.1, 0.15) is 0 Å².